The lowest BCUT2D eigenvalue weighted by Crippen LogP contribution is -2.47. The number of hydrogen-bond donors (Lipinski definition) is 4. The van der Waals surface area contributed by atoms with Crippen LogP contribution in [0.4, 0.5) is 23.2 Å². The predicted octanol–water partition coefficient (Wildman–Crippen LogP) is 4.21. The summed E-state index contributed by atoms with van der Waals surface area (Å²) in [5, 5.41) is 13.0. The first kappa shape index (κ1) is 29.1. The Balaban J connectivity index is 1.74. The van der Waals surface area contributed by atoms with Crippen LogP contribution in [0.15, 0.2) is 30.6 Å². The molecule has 14 heteroatoms. The molecule has 38 heavy (non-hydrogen) atoms. The van der Waals surface area contributed by atoms with E-state index >= 15 is 0 Å². The number of anilines is 1. The highest BCUT2D eigenvalue weighted by atomic mass is 32.2. The smallest absolute Gasteiger partial charge is 0.422 e. The van der Waals surface area contributed by atoms with Crippen molar-refractivity contribution in [2.45, 2.75) is 56.5 Å². The van der Waals surface area contributed by atoms with Crippen molar-refractivity contribution in [1.82, 2.24) is 15.3 Å². The van der Waals surface area contributed by atoms with Gasteiger partial charge in [0.15, 0.2) is 11.8 Å². The van der Waals surface area contributed by atoms with Gasteiger partial charge in [-0.3, -0.25) is 15.0 Å². The van der Waals surface area contributed by atoms with E-state index in [1.165, 1.54) is 18.2 Å². The van der Waals surface area contributed by atoms with Crippen molar-refractivity contribution in [3.8, 4) is 5.88 Å². The number of amides is 2. The molecule has 1 unspecified atom stereocenters. The third kappa shape index (κ3) is 7.33. The molecule has 3 atom stereocenters. The van der Waals surface area contributed by atoms with Gasteiger partial charge in [-0.15, -0.1) is 0 Å². The molecule has 0 aliphatic heterocycles. The molecule has 1 heterocycles. The first-order chi connectivity index (χ1) is 17.5. The Hall–Kier alpha value is -3.42. The summed E-state index contributed by atoms with van der Waals surface area (Å²) in [6.07, 6.45) is -2.31. The molecule has 2 amide bonds. The Kier molecular flexibility index (Phi) is 8.24. The number of nitrogens with zero attached hydrogens (tertiary/aromatic N) is 2. The van der Waals surface area contributed by atoms with E-state index in [0.29, 0.717) is 6.42 Å². The van der Waals surface area contributed by atoms with Crippen LogP contribution < -0.4 is 21.1 Å². The number of benzene rings is 1. The number of amidine groups is 1. The average Bonchev–Trinajstić information content (AvgIpc) is 3.52. The topological polar surface area (TPSA) is 143 Å². The van der Waals surface area contributed by atoms with Crippen molar-refractivity contribution < 1.29 is 31.9 Å². The van der Waals surface area contributed by atoms with E-state index < -0.39 is 46.6 Å². The van der Waals surface area contributed by atoms with Crippen molar-refractivity contribution in [3.05, 3.63) is 47.7 Å². The number of hydrogen-bond acceptors (Lipinski definition) is 7. The molecule has 1 aromatic heterocycles. The van der Waals surface area contributed by atoms with Gasteiger partial charge in [-0.25, -0.2) is 14.4 Å². The molecule has 0 saturated heterocycles. The maximum absolute atomic E-state index is 14.9. The van der Waals surface area contributed by atoms with Gasteiger partial charge in [0.2, 0.25) is 11.8 Å². The van der Waals surface area contributed by atoms with Crippen LogP contribution in [-0.4, -0.2) is 50.0 Å². The Morgan fingerprint density at radius 2 is 1.95 bits per heavy atom. The summed E-state index contributed by atoms with van der Waals surface area (Å²) >= 11 is 0.941. The lowest BCUT2D eigenvalue weighted by Gasteiger charge is -2.26. The highest BCUT2D eigenvalue weighted by molar-refractivity contribution is 8.15. The number of carbonyl (C=O) groups is 2. The number of nitrogens with one attached hydrogen (secondary N) is 3. The number of ether oxygens (including phenoxy) is 1. The maximum atomic E-state index is 14.9. The first-order valence-corrected chi connectivity index (χ1v) is 12.3. The van der Waals surface area contributed by atoms with E-state index in [1.807, 2.05) is 20.8 Å². The molecule has 1 saturated carbocycles. The van der Waals surface area contributed by atoms with Crippen LogP contribution in [0.2, 0.25) is 0 Å². The van der Waals surface area contributed by atoms with Gasteiger partial charge in [0.05, 0.1) is 12.4 Å². The van der Waals surface area contributed by atoms with E-state index in [-0.39, 0.29) is 33.9 Å². The van der Waals surface area contributed by atoms with Gasteiger partial charge in [-0.05, 0) is 62.8 Å². The predicted molar refractivity (Wildman–Crippen MR) is 135 cm³/mol. The molecule has 1 aliphatic carbocycles. The second-order valence-corrected chi connectivity index (χ2v) is 11.4. The second-order valence-electron chi connectivity index (χ2n) is 9.99. The minimum Gasteiger partial charge on any atom is -0.467 e. The Morgan fingerprint density at radius 1 is 1.26 bits per heavy atom. The summed E-state index contributed by atoms with van der Waals surface area (Å²) in [5.41, 5.74) is 5.39. The number of thioether (sulfide) groups is 1. The van der Waals surface area contributed by atoms with E-state index in [4.69, 9.17) is 11.1 Å². The van der Waals surface area contributed by atoms with Gasteiger partial charge in [0.1, 0.15) is 16.3 Å². The lowest BCUT2D eigenvalue weighted by molar-refractivity contribution is -0.154. The quantitative estimate of drug-likeness (QED) is 0.217. The summed E-state index contributed by atoms with van der Waals surface area (Å²) in [5.74, 6) is -2.73. The monoisotopic (exact) mass is 556 g/mol. The fraction of sp³-hybridized carbons (Fsp3) is 0.458. The molecule has 1 aromatic carbocycles. The van der Waals surface area contributed by atoms with Crippen LogP contribution in [0.25, 0.3) is 0 Å². The zero-order chi connectivity index (χ0) is 28.5. The molecule has 0 bridgehead atoms. The second kappa shape index (κ2) is 10.8. The number of alkyl halides is 3. The van der Waals surface area contributed by atoms with E-state index in [9.17, 15) is 27.2 Å². The molecule has 0 radical (unpaired) electrons. The van der Waals surface area contributed by atoms with Crippen molar-refractivity contribution in [3.63, 3.8) is 0 Å². The zero-order valence-electron chi connectivity index (χ0n) is 21.1. The van der Waals surface area contributed by atoms with Crippen molar-refractivity contribution in [2.75, 3.05) is 11.9 Å². The third-order valence-electron chi connectivity index (χ3n) is 5.72. The number of rotatable bonds is 8. The molecule has 3 rings (SSSR count). The van der Waals surface area contributed by atoms with Gasteiger partial charge in [0, 0.05) is 11.2 Å². The fourth-order valence-corrected chi connectivity index (χ4v) is 5.12. The van der Waals surface area contributed by atoms with Crippen LogP contribution >= 0.6 is 11.8 Å². The summed E-state index contributed by atoms with van der Waals surface area (Å²) in [6, 6.07) is 3.96. The number of halogens is 4. The molecule has 206 valence electrons. The van der Waals surface area contributed by atoms with Gasteiger partial charge in [0.25, 0.3) is 5.91 Å². The normalized spacial score (nSPS) is 19.8. The van der Waals surface area contributed by atoms with Crippen LogP contribution in [-0.2, 0) is 4.79 Å². The molecular weight excluding hydrogens is 528 g/mol. The van der Waals surface area contributed by atoms with Crippen LogP contribution in [0, 0.1) is 17.1 Å². The minimum atomic E-state index is -4.55. The van der Waals surface area contributed by atoms with Gasteiger partial charge < -0.3 is 21.1 Å². The molecule has 5 N–H and O–H groups in total. The highest BCUT2D eigenvalue weighted by Crippen LogP contribution is 2.60. The summed E-state index contributed by atoms with van der Waals surface area (Å²) in [7, 11) is 0. The Morgan fingerprint density at radius 3 is 2.50 bits per heavy atom. The molecule has 0 spiro atoms. The van der Waals surface area contributed by atoms with E-state index in [0.717, 1.165) is 24.2 Å². The molecule has 9 nitrogen and oxygen atoms in total. The standard InChI is InChI=1S/C24H28F4N6O3S/c1-12(15-8-23(15,38-21(29)30)20(36)34-22(2,3)4)14-7-13(5-6-16(14)25)33-19(35)17-9-32-18(10-31-17)37-11-24(26,27)28/h5-7,9-10,12,15H,8,11H2,1-4H3,(H3,29,30)(H,33,35)(H,34,36)/t12-,15?,23+/m1/s1. The number of nitrogens with two attached hydrogens (primary N) is 1. The van der Waals surface area contributed by atoms with Crippen LogP contribution in [0.1, 0.15) is 56.1 Å². The average molecular weight is 557 g/mol. The number of carbonyl (C=O) groups excluding carboxylic acids is 2. The third-order valence-corrected chi connectivity index (χ3v) is 6.96. The largest absolute Gasteiger partial charge is 0.467 e. The minimum absolute atomic E-state index is 0.193. The number of aromatic nitrogens is 2. The van der Waals surface area contributed by atoms with Crippen LogP contribution in [0.5, 0.6) is 5.88 Å². The van der Waals surface area contributed by atoms with E-state index in [1.54, 1.807) is 6.92 Å². The lowest BCUT2D eigenvalue weighted by atomic mass is 9.93. The molecular formula is C24H28F4N6O3S. The first-order valence-electron chi connectivity index (χ1n) is 11.5. The fourth-order valence-electron chi connectivity index (χ4n) is 3.96. The Bertz CT molecular complexity index is 1220. The van der Waals surface area contributed by atoms with Crippen molar-refractivity contribution >= 4 is 34.4 Å². The van der Waals surface area contributed by atoms with Gasteiger partial charge >= 0.3 is 6.18 Å². The summed E-state index contributed by atoms with van der Waals surface area (Å²) < 4.78 is 55.1. The van der Waals surface area contributed by atoms with Gasteiger partial charge in [-0.1, -0.05) is 18.7 Å². The molecule has 1 fully saturated rings. The van der Waals surface area contributed by atoms with Crippen molar-refractivity contribution in [1.29, 1.82) is 5.41 Å². The zero-order valence-corrected chi connectivity index (χ0v) is 21.9. The van der Waals surface area contributed by atoms with Crippen molar-refractivity contribution in [2.24, 2.45) is 11.7 Å². The summed E-state index contributed by atoms with van der Waals surface area (Å²) in [6.45, 7) is 5.70. The Labute approximate surface area is 220 Å². The molecule has 1 aliphatic rings. The molecule has 2 aromatic rings. The van der Waals surface area contributed by atoms with E-state index in [2.05, 4.69) is 25.3 Å². The highest BCUT2D eigenvalue weighted by Gasteiger charge is 2.63. The van der Waals surface area contributed by atoms with Gasteiger partial charge in [-0.2, -0.15) is 13.2 Å². The SMILES string of the molecule is C[C@H](c1cc(NC(=O)c2cnc(OCC(F)(F)F)cn2)ccc1F)C1C[C@@]1(SC(=N)N)C(=O)NC(C)(C)C. The van der Waals surface area contributed by atoms with Crippen LogP contribution in [0.3, 0.4) is 0 Å². The maximum Gasteiger partial charge on any atom is 0.422 e. The summed E-state index contributed by atoms with van der Waals surface area (Å²) in [4.78, 5) is 33.1.